The van der Waals surface area contributed by atoms with Crippen LogP contribution in [0.25, 0.3) is 0 Å². The minimum absolute atomic E-state index is 0.0407. The molecule has 1 aliphatic heterocycles. The first kappa shape index (κ1) is 17.7. The fourth-order valence-corrected chi connectivity index (χ4v) is 3.03. The number of nitrogens with zero attached hydrogens (tertiary/aromatic N) is 6. The highest BCUT2D eigenvalue weighted by Crippen LogP contribution is 2.33. The summed E-state index contributed by atoms with van der Waals surface area (Å²) in [5, 5.41) is 6.60. The zero-order chi connectivity index (χ0) is 19.3. The number of nitrogens with one attached hydrogen (secondary N) is 1. The minimum atomic E-state index is -0.331. The van der Waals surface area contributed by atoms with E-state index >= 15 is 0 Å². The SMILES string of the molecule is O=C(NCc1noc([C@@H]2CCC(=O)N2Cc2ccncc2)n1)c1cncnc1. The summed E-state index contributed by atoms with van der Waals surface area (Å²) in [6, 6.07) is 3.45. The average molecular weight is 379 g/mol. The predicted octanol–water partition coefficient (Wildman–Crippen LogP) is 1.05. The van der Waals surface area contributed by atoms with Crippen LogP contribution in [0.1, 0.15) is 46.5 Å². The Balaban J connectivity index is 1.41. The third-order valence-electron chi connectivity index (χ3n) is 4.43. The lowest BCUT2D eigenvalue weighted by Crippen LogP contribution is -2.27. The summed E-state index contributed by atoms with van der Waals surface area (Å²) < 4.78 is 5.36. The van der Waals surface area contributed by atoms with Crippen LogP contribution in [0.5, 0.6) is 0 Å². The van der Waals surface area contributed by atoms with E-state index in [4.69, 9.17) is 4.52 Å². The van der Waals surface area contributed by atoms with Crippen LogP contribution in [0.3, 0.4) is 0 Å². The molecule has 0 saturated carbocycles. The van der Waals surface area contributed by atoms with Crippen molar-refractivity contribution >= 4 is 11.8 Å². The van der Waals surface area contributed by atoms with Gasteiger partial charge in [0.25, 0.3) is 5.91 Å². The standard InChI is InChI=1S/C18H17N7O3/c26-16-2-1-14(25(16)10-12-3-5-19-6-4-12)18-23-15(24-28-18)9-22-17(27)13-7-20-11-21-8-13/h3-8,11,14H,1-2,9-10H2,(H,22,27)/t14-/m0/s1. The smallest absolute Gasteiger partial charge is 0.254 e. The molecule has 1 aliphatic rings. The molecule has 1 fully saturated rings. The van der Waals surface area contributed by atoms with Gasteiger partial charge in [-0.15, -0.1) is 0 Å². The molecular weight excluding hydrogens is 362 g/mol. The highest BCUT2D eigenvalue weighted by atomic mass is 16.5. The molecule has 3 aromatic heterocycles. The zero-order valence-corrected chi connectivity index (χ0v) is 14.9. The molecule has 142 valence electrons. The monoisotopic (exact) mass is 379 g/mol. The number of amides is 2. The average Bonchev–Trinajstić information content (AvgIpc) is 3.35. The number of hydrogen-bond acceptors (Lipinski definition) is 8. The third-order valence-corrected chi connectivity index (χ3v) is 4.43. The molecule has 2 amide bonds. The summed E-state index contributed by atoms with van der Waals surface area (Å²) in [6.45, 7) is 0.552. The van der Waals surface area contributed by atoms with Crippen molar-refractivity contribution in [3.05, 3.63) is 66.1 Å². The molecule has 1 saturated heterocycles. The van der Waals surface area contributed by atoms with Gasteiger partial charge in [-0.25, -0.2) is 9.97 Å². The van der Waals surface area contributed by atoms with Crippen LogP contribution < -0.4 is 5.32 Å². The molecule has 0 aliphatic carbocycles. The van der Waals surface area contributed by atoms with E-state index in [1.54, 1.807) is 17.3 Å². The number of likely N-dealkylation sites (tertiary alicyclic amines) is 1. The summed E-state index contributed by atoms with van der Waals surface area (Å²) in [5.41, 5.74) is 1.32. The molecule has 1 atom stereocenters. The number of hydrogen-bond donors (Lipinski definition) is 1. The van der Waals surface area contributed by atoms with Crippen molar-refractivity contribution in [2.45, 2.75) is 32.0 Å². The first-order valence-electron chi connectivity index (χ1n) is 8.75. The van der Waals surface area contributed by atoms with Crippen LogP contribution in [-0.4, -0.2) is 41.8 Å². The minimum Gasteiger partial charge on any atom is -0.345 e. The summed E-state index contributed by atoms with van der Waals surface area (Å²) in [4.78, 5) is 42.0. The molecule has 3 aromatic rings. The van der Waals surface area contributed by atoms with Gasteiger partial charge in [0, 0.05) is 37.8 Å². The Morgan fingerprint density at radius 3 is 2.79 bits per heavy atom. The summed E-state index contributed by atoms with van der Waals surface area (Å²) in [5.74, 6) is 0.414. The summed E-state index contributed by atoms with van der Waals surface area (Å²) in [7, 11) is 0. The Morgan fingerprint density at radius 1 is 1.21 bits per heavy atom. The van der Waals surface area contributed by atoms with E-state index < -0.39 is 0 Å². The highest BCUT2D eigenvalue weighted by molar-refractivity contribution is 5.93. The zero-order valence-electron chi connectivity index (χ0n) is 14.9. The fourth-order valence-electron chi connectivity index (χ4n) is 3.03. The van der Waals surface area contributed by atoms with E-state index in [0.29, 0.717) is 36.7 Å². The first-order valence-corrected chi connectivity index (χ1v) is 8.75. The van der Waals surface area contributed by atoms with Gasteiger partial charge in [0.15, 0.2) is 5.82 Å². The van der Waals surface area contributed by atoms with Gasteiger partial charge >= 0.3 is 0 Å². The second-order valence-electron chi connectivity index (χ2n) is 6.29. The largest absolute Gasteiger partial charge is 0.345 e. The molecule has 0 aromatic carbocycles. The third kappa shape index (κ3) is 3.85. The molecule has 4 rings (SSSR count). The molecule has 10 nitrogen and oxygen atoms in total. The van der Waals surface area contributed by atoms with Crippen LogP contribution >= 0.6 is 0 Å². The van der Waals surface area contributed by atoms with Gasteiger partial charge in [0.05, 0.1) is 12.1 Å². The predicted molar refractivity (Wildman–Crippen MR) is 94.3 cm³/mol. The van der Waals surface area contributed by atoms with Gasteiger partial charge in [0.1, 0.15) is 12.4 Å². The van der Waals surface area contributed by atoms with Crippen LogP contribution in [-0.2, 0) is 17.9 Å². The summed E-state index contributed by atoms with van der Waals surface area (Å²) >= 11 is 0. The Bertz CT molecular complexity index is 962. The van der Waals surface area contributed by atoms with Crippen LogP contribution in [0, 0.1) is 0 Å². The number of carbonyl (C=O) groups is 2. The van der Waals surface area contributed by atoms with E-state index in [9.17, 15) is 9.59 Å². The fraction of sp³-hybridized carbons (Fsp3) is 0.278. The van der Waals surface area contributed by atoms with E-state index in [2.05, 4.69) is 30.4 Å². The number of aromatic nitrogens is 5. The van der Waals surface area contributed by atoms with Crippen molar-refractivity contribution < 1.29 is 14.1 Å². The van der Waals surface area contributed by atoms with E-state index in [0.717, 1.165) is 5.56 Å². The Hall–Kier alpha value is -3.69. The normalized spacial score (nSPS) is 16.4. The van der Waals surface area contributed by atoms with Crippen molar-refractivity contribution in [2.24, 2.45) is 0 Å². The maximum Gasteiger partial charge on any atom is 0.254 e. The van der Waals surface area contributed by atoms with Crippen molar-refractivity contribution in [3.63, 3.8) is 0 Å². The maximum absolute atomic E-state index is 12.3. The molecule has 0 bridgehead atoms. The second-order valence-corrected chi connectivity index (χ2v) is 6.29. The molecular formula is C18H17N7O3. The van der Waals surface area contributed by atoms with Gasteiger partial charge in [-0.2, -0.15) is 4.98 Å². The van der Waals surface area contributed by atoms with Gasteiger partial charge in [-0.05, 0) is 24.1 Å². The van der Waals surface area contributed by atoms with E-state index in [1.807, 2.05) is 12.1 Å². The van der Waals surface area contributed by atoms with Crippen molar-refractivity contribution in [3.8, 4) is 0 Å². The lowest BCUT2D eigenvalue weighted by Gasteiger charge is -2.21. The second kappa shape index (κ2) is 7.91. The van der Waals surface area contributed by atoms with Crippen molar-refractivity contribution in [1.82, 2.24) is 35.3 Å². The Labute approximate surface area is 160 Å². The van der Waals surface area contributed by atoms with Crippen LogP contribution in [0.15, 0.2) is 47.8 Å². The summed E-state index contributed by atoms with van der Waals surface area (Å²) in [6.07, 6.45) is 8.61. The van der Waals surface area contributed by atoms with Crippen molar-refractivity contribution in [2.75, 3.05) is 0 Å². The van der Waals surface area contributed by atoms with E-state index in [1.165, 1.54) is 18.7 Å². The van der Waals surface area contributed by atoms with Crippen LogP contribution in [0.4, 0.5) is 0 Å². The highest BCUT2D eigenvalue weighted by Gasteiger charge is 2.35. The topological polar surface area (TPSA) is 127 Å². The van der Waals surface area contributed by atoms with Gasteiger partial charge in [0.2, 0.25) is 11.8 Å². The molecule has 0 spiro atoms. The lowest BCUT2D eigenvalue weighted by atomic mass is 10.2. The molecule has 10 heteroatoms. The Morgan fingerprint density at radius 2 is 2.00 bits per heavy atom. The molecule has 1 N–H and O–H groups in total. The number of rotatable bonds is 6. The molecule has 28 heavy (non-hydrogen) atoms. The van der Waals surface area contributed by atoms with Gasteiger partial charge < -0.3 is 14.7 Å². The van der Waals surface area contributed by atoms with Gasteiger partial charge in [-0.1, -0.05) is 5.16 Å². The van der Waals surface area contributed by atoms with Crippen LogP contribution in [0.2, 0.25) is 0 Å². The molecule has 4 heterocycles. The number of pyridine rings is 1. The van der Waals surface area contributed by atoms with E-state index in [-0.39, 0.29) is 24.4 Å². The lowest BCUT2D eigenvalue weighted by molar-refractivity contribution is -0.130. The van der Waals surface area contributed by atoms with Gasteiger partial charge in [-0.3, -0.25) is 14.6 Å². The van der Waals surface area contributed by atoms with Crippen molar-refractivity contribution in [1.29, 1.82) is 0 Å². The Kier molecular flexibility index (Phi) is 5.00. The maximum atomic E-state index is 12.3. The molecule has 0 radical (unpaired) electrons. The first-order chi connectivity index (χ1) is 13.7. The number of carbonyl (C=O) groups excluding carboxylic acids is 2. The molecule has 0 unspecified atom stereocenters. The quantitative estimate of drug-likeness (QED) is 0.673.